The van der Waals surface area contributed by atoms with Crippen molar-refractivity contribution in [2.75, 3.05) is 20.3 Å². The molecule has 1 amide bonds. The van der Waals surface area contributed by atoms with E-state index in [1.807, 2.05) is 55.6 Å². The molecule has 1 aliphatic rings. The lowest BCUT2D eigenvalue weighted by Crippen LogP contribution is -2.48. The highest BCUT2D eigenvalue weighted by molar-refractivity contribution is 5.86. The van der Waals surface area contributed by atoms with Gasteiger partial charge in [0.05, 0.1) is 18.1 Å². The van der Waals surface area contributed by atoms with E-state index in [2.05, 4.69) is 9.88 Å². The van der Waals surface area contributed by atoms with Crippen molar-refractivity contribution in [2.45, 2.75) is 31.3 Å². The molecule has 6 nitrogen and oxygen atoms in total. The molecule has 3 aromatic carbocycles. The molecule has 7 heteroatoms. The number of aryl methyl sites for hydroxylation is 1. The zero-order valence-electron chi connectivity index (χ0n) is 20.6. The van der Waals surface area contributed by atoms with E-state index in [0.29, 0.717) is 43.7 Å². The summed E-state index contributed by atoms with van der Waals surface area (Å²) < 4.78 is 27.3. The van der Waals surface area contributed by atoms with E-state index in [1.54, 1.807) is 13.2 Å². The van der Waals surface area contributed by atoms with Crippen molar-refractivity contribution in [1.82, 2.24) is 14.9 Å². The Hall–Kier alpha value is -3.71. The van der Waals surface area contributed by atoms with Crippen LogP contribution in [0.5, 0.6) is 5.75 Å². The van der Waals surface area contributed by atoms with Crippen LogP contribution >= 0.6 is 0 Å². The second-order valence-corrected chi connectivity index (χ2v) is 9.25. The van der Waals surface area contributed by atoms with Crippen LogP contribution in [0.25, 0.3) is 22.2 Å². The summed E-state index contributed by atoms with van der Waals surface area (Å²) in [5, 5.41) is 3.09. The first-order valence-corrected chi connectivity index (χ1v) is 12.2. The van der Waals surface area contributed by atoms with Crippen LogP contribution in [0.4, 0.5) is 4.39 Å². The van der Waals surface area contributed by atoms with Gasteiger partial charge >= 0.3 is 0 Å². The second-order valence-electron chi connectivity index (χ2n) is 9.25. The van der Waals surface area contributed by atoms with Crippen molar-refractivity contribution < 1.29 is 18.7 Å². The quantitative estimate of drug-likeness (QED) is 0.386. The minimum absolute atomic E-state index is 0.0883. The zero-order valence-corrected chi connectivity index (χ0v) is 20.6. The van der Waals surface area contributed by atoms with Gasteiger partial charge in [-0.3, -0.25) is 4.79 Å². The van der Waals surface area contributed by atoms with Gasteiger partial charge in [-0.1, -0.05) is 36.4 Å². The molecule has 1 saturated heterocycles. The number of carbonyl (C=O) groups excluding carboxylic acids is 1. The fraction of sp³-hybridized carbons (Fsp3) is 0.310. The monoisotopic (exact) mass is 487 g/mol. The molecule has 0 radical (unpaired) electrons. The number of benzene rings is 3. The van der Waals surface area contributed by atoms with E-state index in [9.17, 15) is 9.18 Å². The lowest BCUT2D eigenvalue weighted by molar-refractivity contribution is -0.141. The van der Waals surface area contributed by atoms with Gasteiger partial charge in [0.25, 0.3) is 5.91 Å². The molecule has 0 spiro atoms. The van der Waals surface area contributed by atoms with Crippen LogP contribution in [-0.2, 0) is 29.4 Å². The number of ether oxygens (including phenoxy) is 2. The molecule has 2 heterocycles. The van der Waals surface area contributed by atoms with Crippen LogP contribution in [0.1, 0.15) is 24.2 Å². The summed E-state index contributed by atoms with van der Waals surface area (Å²) in [6, 6.07) is 20.3. The van der Waals surface area contributed by atoms with E-state index in [1.165, 1.54) is 12.1 Å². The number of hydrogen-bond donors (Lipinski definition) is 1. The first-order chi connectivity index (χ1) is 17.5. The van der Waals surface area contributed by atoms with Crippen LogP contribution in [0.15, 0.2) is 66.7 Å². The van der Waals surface area contributed by atoms with E-state index in [0.717, 1.165) is 34.4 Å². The Morgan fingerprint density at radius 1 is 1.17 bits per heavy atom. The Balaban J connectivity index is 1.27. The summed E-state index contributed by atoms with van der Waals surface area (Å²) in [4.78, 5) is 18.0. The molecule has 5 rings (SSSR count). The average Bonchev–Trinajstić information content (AvgIpc) is 3.50. The van der Waals surface area contributed by atoms with Gasteiger partial charge in [-0.25, -0.2) is 9.37 Å². The third kappa shape index (κ3) is 4.71. The minimum Gasteiger partial charge on any atom is -0.496 e. The van der Waals surface area contributed by atoms with Crippen LogP contribution < -0.4 is 10.1 Å². The van der Waals surface area contributed by atoms with Gasteiger partial charge in [0.2, 0.25) is 0 Å². The maximum Gasteiger partial charge on any atom is 0.252 e. The van der Waals surface area contributed by atoms with Crippen molar-refractivity contribution in [3.8, 4) is 16.9 Å². The van der Waals surface area contributed by atoms with Gasteiger partial charge in [-0.05, 0) is 54.3 Å². The first-order valence-electron chi connectivity index (χ1n) is 12.2. The molecule has 1 N–H and O–H groups in total. The van der Waals surface area contributed by atoms with Crippen LogP contribution in [0, 0.1) is 5.82 Å². The molecule has 1 fully saturated rings. The average molecular weight is 488 g/mol. The number of amides is 1. The smallest absolute Gasteiger partial charge is 0.252 e. The van der Waals surface area contributed by atoms with Gasteiger partial charge in [0.15, 0.2) is 5.60 Å². The lowest BCUT2D eigenvalue weighted by atomic mass is 9.89. The van der Waals surface area contributed by atoms with Gasteiger partial charge in [-0.2, -0.15) is 0 Å². The summed E-state index contributed by atoms with van der Waals surface area (Å²) in [6.45, 7) is 1.05. The largest absolute Gasteiger partial charge is 0.496 e. The zero-order chi connectivity index (χ0) is 25.1. The van der Waals surface area contributed by atoms with Crippen molar-refractivity contribution in [3.63, 3.8) is 0 Å². The Morgan fingerprint density at radius 3 is 2.69 bits per heavy atom. The predicted octanol–water partition coefficient (Wildman–Crippen LogP) is 4.84. The normalized spacial score (nSPS) is 17.4. The molecule has 1 aliphatic heterocycles. The molecule has 0 bridgehead atoms. The number of para-hydroxylation sites is 2. The molecule has 0 saturated carbocycles. The molecular formula is C29H30FN3O3. The highest BCUT2D eigenvalue weighted by Gasteiger charge is 2.42. The summed E-state index contributed by atoms with van der Waals surface area (Å²) >= 11 is 0. The van der Waals surface area contributed by atoms with Crippen LogP contribution in [-0.4, -0.2) is 41.3 Å². The number of nitrogens with zero attached hydrogens (tertiary/aromatic N) is 2. The Bertz CT molecular complexity index is 1370. The molecule has 0 aliphatic carbocycles. The standard InChI is InChI=1S/C29H30FN3O3/c1-33-25-7-4-3-6-24(25)32-27(33)14-16-31-28(34)29(15-5-17-36-29)19-20-8-10-21(11-9-20)23-18-22(30)12-13-26(23)35-2/h3-4,6-13,18H,5,14-17,19H2,1-2H3,(H,31,34)/t29-/m0/s1. The summed E-state index contributed by atoms with van der Waals surface area (Å²) in [5.41, 5.74) is 3.68. The fourth-order valence-corrected chi connectivity index (χ4v) is 5.00. The van der Waals surface area contributed by atoms with Crippen molar-refractivity contribution in [1.29, 1.82) is 0 Å². The third-order valence-electron chi connectivity index (χ3n) is 6.95. The molecule has 4 aromatic rings. The Morgan fingerprint density at radius 2 is 1.97 bits per heavy atom. The number of hydrogen-bond acceptors (Lipinski definition) is 4. The van der Waals surface area contributed by atoms with Gasteiger partial charge in [0, 0.05) is 38.6 Å². The number of imidazole rings is 1. The van der Waals surface area contributed by atoms with Crippen LogP contribution in [0.3, 0.4) is 0 Å². The Kier molecular flexibility index (Phi) is 6.74. The van der Waals surface area contributed by atoms with E-state index >= 15 is 0 Å². The molecule has 36 heavy (non-hydrogen) atoms. The molecule has 0 unspecified atom stereocenters. The number of methoxy groups -OCH3 is 1. The third-order valence-corrected chi connectivity index (χ3v) is 6.95. The van der Waals surface area contributed by atoms with Gasteiger partial charge < -0.3 is 19.4 Å². The maximum absolute atomic E-state index is 13.8. The summed E-state index contributed by atoms with van der Waals surface area (Å²) in [5.74, 6) is 1.14. The topological polar surface area (TPSA) is 65.4 Å². The van der Waals surface area contributed by atoms with E-state index < -0.39 is 5.60 Å². The van der Waals surface area contributed by atoms with Crippen LogP contribution in [0.2, 0.25) is 0 Å². The van der Waals surface area contributed by atoms with Crippen molar-refractivity contribution >= 4 is 16.9 Å². The number of carbonyl (C=O) groups is 1. The SMILES string of the molecule is COc1ccc(F)cc1-c1ccc(C[C@]2(C(=O)NCCc3nc4ccccc4n3C)CCCO2)cc1. The van der Waals surface area contributed by atoms with Gasteiger partial charge in [-0.15, -0.1) is 0 Å². The fourth-order valence-electron chi connectivity index (χ4n) is 5.00. The first kappa shape index (κ1) is 24.0. The summed E-state index contributed by atoms with van der Waals surface area (Å²) in [7, 11) is 3.57. The van der Waals surface area contributed by atoms with Crippen molar-refractivity contribution in [3.05, 3.63) is 83.9 Å². The number of halogens is 1. The number of rotatable bonds is 8. The van der Waals surface area contributed by atoms with E-state index in [-0.39, 0.29) is 11.7 Å². The highest BCUT2D eigenvalue weighted by atomic mass is 19.1. The lowest BCUT2D eigenvalue weighted by Gasteiger charge is -2.27. The van der Waals surface area contributed by atoms with Gasteiger partial charge in [0.1, 0.15) is 17.4 Å². The second kappa shape index (κ2) is 10.1. The predicted molar refractivity (Wildman–Crippen MR) is 137 cm³/mol. The molecule has 1 atom stereocenters. The highest BCUT2D eigenvalue weighted by Crippen LogP contribution is 2.33. The molecule has 186 valence electrons. The number of aromatic nitrogens is 2. The minimum atomic E-state index is -0.885. The maximum atomic E-state index is 13.8. The number of fused-ring (bicyclic) bond motifs is 1. The Labute approximate surface area is 210 Å². The number of nitrogens with one attached hydrogen (secondary N) is 1. The molecular weight excluding hydrogens is 457 g/mol. The van der Waals surface area contributed by atoms with Crippen molar-refractivity contribution in [2.24, 2.45) is 7.05 Å². The van der Waals surface area contributed by atoms with E-state index in [4.69, 9.17) is 14.5 Å². The summed E-state index contributed by atoms with van der Waals surface area (Å²) in [6.07, 6.45) is 2.63. The molecule has 1 aromatic heterocycles.